The number of anilines is 2. The second-order valence-corrected chi connectivity index (χ2v) is 11.2. The highest BCUT2D eigenvalue weighted by atomic mass is 32.2. The summed E-state index contributed by atoms with van der Waals surface area (Å²) in [6.45, 7) is 6.38. The third-order valence-corrected chi connectivity index (χ3v) is 8.65. The summed E-state index contributed by atoms with van der Waals surface area (Å²) < 4.78 is 27.8. The lowest BCUT2D eigenvalue weighted by atomic mass is 10.1. The molecule has 5 rings (SSSR count). The first-order valence-corrected chi connectivity index (χ1v) is 13.2. The van der Waals surface area contributed by atoms with Crippen molar-refractivity contribution in [3.05, 3.63) is 70.9 Å². The van der Waals surface area contributed by atoms with Crippen molar-refractivity contribution >= 4 is 27.4 Å². The molecule has 0 radical (unpaired) electrons. The van der Waals surface area contributed by atoms with Crippen LogP contribution in [-0.2, 0) is 23.0 Å². The van der Waals surface area contributed by atoms with Crippen LogP contribution in [0.5, 0.6) is 0 Å². The van der Waals surface area contributed by atoms with Gasteiger partial charge in [-0.1, -0.05) is 17.7 Å². The predicted octanol–water partition coefficient (Wildman–Crippen LogP) is 2.47. The van der Waals surface area contributed by atoms with Crippen molar-refractivity contribution in [1.29, 1.82) is 0 Å². The average Bonchev–Trinajstić information content (AvgIpc) is 3.27. The molecular formula is C25H30N6O3S. The molecule has 3 heterocycles. The number of likely N-dealkylation sites (N-methyl/N-ethyl adjacent to an activating group) is 1. The van der Waals surface area contributed by atoms with Gasteiger partial charge >= 0.3 is 0 Å². The fourth-order valence-electron chi connectivity index (χ4n) is 4.51. The van der Waals surface area contributed by atoms with E-state index in [0.29, 0.717) is 29.9 Å². The lowest BCUT2D eigenvalue weighted by Gasteiger charge is -2.34. The molecule has 2 aliphatic rings. The van der Waals surface area contributed by atoms with Crippen LogP contribution in [-0.4, -0.2) is 73.5 Å². The fraction of sp³-hybridized carbons (Fsp3) is 0.360. The minimum absolute atomic E-state index is 0.153. The molecule has 0 atom stereocenters. The molecule has 0 bridgehead atoms. The molecule has 1 saturated heterocycles. The van der Waals surface area contributed by atoms with Crippen LogP contribution in [0.25, 0.3) is 0 Å². The zero-order chi connectivity index (χ0) is 24.6. The van der Waals surface area contributed by atoms with Crippen LogP contribution in [0.2, 0.25) is 0 Å². The van der Waals surface area contributed by atoms with Crippen LogP contribution in [0, 0.1) is 6.92 Å². The quantitative estimate of drug-likeness (QED) is 0.565. The summed E-state index contributed by atoms with van der Waals surface area (Å²) in [5.74, 6) is 0.0969. The summed E-state index contributed by atoms with van der Waals surface area (Å²) in [5, 5.41) is 10.1. The highest BCUT2D eigenvalue weighted by Crippen LogP contribution is 2.29. The van der Waals surface area contributed by atoms with E-state index in [-0.39, 0.29) is 17.3 Å². The van der Waals surface area contributed by atoms with Crippen molar-refractivity contribution < 1.29 is 13.2 Å². The summed E-state index contributed by atoms with van der Waals surface area (Å²) in [6.07, 6.45) is 0.503. The first kappa shape index (κ1) is 23.5. The number of H-pyrrole nitrogens is 1. The van der Waals surface area contributed by atoms with E-state index in [1.54, 1.807) is 24.3 Å². The molecule has 3 aromatic rings. The molecule has 0 aliphatic carbocycles. The molecule has 0 saturated carbocycles. The Bertz CT molecular complexity index is 1310. The Balaban J connectivity index is 1.29. The molecule has 0 unspecified atom stereocenters. The molecule has 2 aromatic carbocycles. The summed E-state index contributed by atoms with van der Waals surface area (Å²) in [7, 11) is -1.52. The molecule has 1 fully saturated rings. The van der Waals surface area contributed by atoms with Gasteiger partial charge < -0.3 is 15.1 Å². The Morgan fingerprint density at radius 2 is 1.66 bits per heavy atom. The lowest BCUT2D eigenvalue weighted by molar-refractivity contribution is 0.102. The van der Waals surface area contributed by atoms with E-state index >= 15 is 0 Å². The summed E-state index contributed by atoms with van der Waals surface area (Å²) in [5.41, 5.74) is 4.18. The second-order valence-electron chi connectivity index (χ2n) is 9.22. The molecule has 2 N–H and O–H groups in total. The molecule has 1 amide bonds. The Labute approximate surface area is 205 Å². The van der Waals surface area contributed by atoms with Crippen LogP contribution in [0.3, 0.4) is 0 Å². The minimum Gasteiger partial charge on any atom is -0.369 e. The Morgan fingerprint density at radius 3 is 2.34 bits per heavy atom. The number of aromatic amines is 1. The maximum absolute atomic E-state index is 13.2. The van der Waals surface area contributed by atoms with E-state index in [9.17, 15) is 13.2 Å². The maximum atomic E-state index is 13.2. The number of piperazine rings is 1. The standard InChI is InChI=1S/C25H30N6O3S/c1-18-3-9-21(10-4-18)35(33,34)31-12-11-23-22(17-31)24(28-27-23)26-25(32)19-5-7-20(8-6-19)30-15-13-29(2)14-16-30/h3-10H,11-17H2,1-2H3,(H2,26,27,28,32). The van der Waals surface area contributed by atoms with E-state index in [0.717, 1.165) is 43.1 Å². The van der Waals surface area contributed by atoms with E-state index < -0.39 is 10.0 Å². The van der Waals surface area contributed by atoms with Crippen LogP contribution in [0.4, 0.5) is 11.5 Å². The van der Waals surface area contributed by atoms with Crippen LogP contribution >= 0.6 is 0 Å². The molecule has 0 spiro atoms. The highest BCUT2D eigenvalue weighted by Gasteiger charge is 2.31. The van der Waals surface area contributed by atoms with E-state index in [2.05, 4.69) is 32.4 Å². The van der Waals surface area contributed by atoms with Crippen molar-refractivity contribution in [3.8, 4) is 0 Å². The van der Waals surface area contributed by atoms with Gasteiger partial charge in [-0.2, -0.15) is 9.40 Å². The lowest BCUT2D eigenvalue weighted by Crippen LogP contribution is -2.44. The first-order chi connectivity index (χ1) is 16.8. The number of fused-ring (bicyclic) bond motifs is 1. The van der Waals surface area contributed by atoms with Crippen LogP contribution in [0.1, 0.15) is 27.2 Å². The number of sulfonamides is 1. The monoisotopic (exact) mass is 494 g/mol. The van der Waals surface area contributed by atoms with E-state index in [4.69, 9.17) is 0 Å². The van der Waals surface area contributed by atoms with Gasteiger partial charge in [-0.3, -0.25) is 9.89 Å². The topological polar surface area (TPSA) is 102 Å². The van der Waals surface area contributed by atoms with E-state index in [1.807, 2.05) is 31.2 Å². The van der Waals surface area contributed by atoms with Crippen molar-refractivity contribution in [1.82, 2.24) is 19.4 Å². The van der Waals surface area contributed by atoms with Gasteiger partial charge in [0.2, 0.25) is 10.0 Å². The second kappa shape index (κ2) is 9.44. The minimum atomic E-state index is -3.64. The zero-order valence-electron chi connectivity index (χ0n) is 20.0. The number of amides is 1. The van der Waals surface area contributed by atoms with Gasteiger partial charge in [0, 0.05) is 68.2 Å². The number of hydrogen-bond acceptors (Lipinski definition) is 6. The SMILES string of the molecule is Cc1ccc(S(=O)(=O)N2CCc3[nH]nc(NC(=O)c4ccc(N5CCN(C)CC5)cc4)c3C2)cc1. The van der Waals surface area contributed by atoms with Gasteiger partial charge in [-0.25, -0.2) is 8.42 Å². The number of benzene rings is 2. The number of aromatic nitrogens is 2. The average molecular weight is 495 g/mol. The van der Waals surface area contributed by atoms with Crippen LogP contribution < -0.4 is 10.2 Å². The normalized spacial score (nSPS) is 17.3. The molecule has 2 aliphatic heterocycles. The predicted molar refractivity (Wildman–Crippen MR) is 135 cm³/mol. The number of aryl methyl sites for hydroxylation is 1. The summed E-state index contributed by atoms with van der Waals surface area (Å²) in [4.78, 5) is 17.8. The molecule has 9 nitrogen and oxygen atoms in total. The smallest absolute Gasteiger partial charge is 0.256 e. The molecular weight excluding hydrogens is 464 g/mol. The Morgan fingerprint density at radius 1 is 0.971 bits per heavy atom. The summed E-state index contributed by atoms with van der Waals surface area (Å²) >= 11 is 0. The fourth-order valence-corrected chi connectivity index (χ4v) is 5.91. The van der Waals surface area contributed by atoms with E-state index in [1.165, 1.54) is 4.31 Å². The number of nitrogens with one attached hydrogen (secondary N) is 2. The number of carbonyl (C=O) groups is 1. The van der Waals surface area contributed by atoms with Crippen molar-refractivity contribution in [3.63, 3.8) is 0 Å². The number of carbonyl (C=O) groups excluding carboxylic acids is 1. The Hall–Kier alpha value is -3.21. The van der Waals surface area contributed by atoms with Gasteiger partial charge in [0.05, 0.1) is 4.90 Å². The van der Waals surface area contributed by atoms with Crippen molar-refractivity contribution in [2.45, 2.75) is 24.8 Å². The van der Waals surface area contributed by atoms with Crippen LogP contribution in [0.15, 0.2) is 53.4 Å². The van der Waals surface area contributed by atoms with Gasteiger partial charge in [0.15, 0.2) is 5.82 Å². The number of rotatable bonds is 5. The van der Waals surface area contributed by atoms with Crippen molar-refractivity contribution in [2.75, 3.05) is 50.0 Å². The third kappa shape index (κ3) is 4.82. The summed E-state index contributed by atoms with van der Waals surface area (Å²) in [6, 6.07) is 14.4. The Kier molecular flexibility index (Phi) is 6.35. The largest absolute Gasteiger partial charge is 0.369 e. The molecule has 184 valence electrons. The van der Waals surface area contributed by atoms with Crippen molar-refractivity contribution in [2.24, 2.45) is 0 Å². The first-order valence-electron chi connectivity index (χ1n) is 11.8. The molecule has 10 heteroatoms. The number of nitrogens with zero attached hydrogens (tertiary/aromatic N) is 4. The molecule has 35 heavy (non-hydrogen) atoms. The highest BCUT2D eigenvalue weighted by molar-refractivity contribution is 7.89. The van der Waals surface area contributed by atoms with Gasteiger partial charge in [0.1, 0.15) is 0 Å². The number of hydrogen-bond donors (Lipinski definition) is 2. The van der Waals surface area contributed by atoms with Gasteiger partial charge in [-0.15, -0.1) is 0 Å². The zero-order valence-corrected chi connectivity index (χ0v) is 20.8. The third-order valence-electron chi connectivity index (χ3n) is 6.79. The van der Waals surface area contributed by atoms with Gasteiger partial charge in [0.25, 0.3) is 5.91 Å². The molecule has 1 aromatic heterocycles. The maximum Gasteiger partial charge on any atom is 0.256 e. The van der Waals surface area contributed by atoms with Gasteiger partial charge in [-0.05, 0) is 50.4 Å².